The van der Waals surface area contributed by atoms with Crippen molar-refractivity contribution in [2.24, 2.45) is 0 Å². The summed E-state index contributed by atoms with van der Waals surface area (Å²) in [5.74, 6) is 0.0295. The molecule has 0 saturated carbocycles. The second-order valence-electron chi connectivity index (χ2n) is 3.59. The fourth-order valence-corrected chi connectivity index (χ4v) is 1.93. The SMILES string of the molecule is Nc1nc2c(ncn2COC(CO)CI)c(=O)[nH]1. The zero-order valence-corrected chi connectivity index (χ0v) is 11.5. The summed E-state index contributed by atoms with van der Waals surface area (Å²) >= 11 is 2.12. The number of halogens is 1. The van der Waals surface area contributed by atoms with E-state index in [0.717, 1.165) is 0 Å². The molecule has 1 atom stereocenters. The quantitative estimate of drug-likeness (QED) is 0.484. The number of nitrogen functional groups attached to an aromatic ring is 1. The number of fused-ring (bicyclic) bond motifs is 1. The van der Waals surface area contributed by atoms with Crippen LogP contribution in [0.5, 0.6) is 0 Å². The van der Waals surface area contributed by atoms with E-state index < -0.39 is 0 Å². The molecule has 18 heavy (non-hydrogen) atoms. The molecule has 0 aliphatic rings. The molecule has 0 amide bonds. The van der Waals surface area contributed by atoms with Crippen molar-refractivity contribution in [3.8, 4) is 0 Å². The summed E-state index contributed by atoms with van der Waals surface area (Å²) in [5, 5.41) is 9.01. The van der Waals surface area contributed by atoms with Gasteiger partial charge in [0.05, 0.1) is 19.0 Å². The maximum atomic E-state index is 11.5. The van der Waals surface area contributed by atoms with Crippen LogP contribution in [0.2, 0.25) is 0 Å². The van der Waals surface area contributed by atoms with E-state index in [1.807, 2.05) is 0 Å². The highest BCUT2D eigenvalue weighted by Gasteiger charge is 2.11. The Morgan fingerprint density at radius 2 is 2.44 bits per heavy atom. The van der Waals surface area contributed by atoms with Gasteiger partial charge in [-0.2, -0.15) is 4.98 Å². The number of aliphatic hydroxyl groups excluding tert-OH is 1. The number of ether oxygens (including phenoxy) is 1. The predicted molar refractivity (Wildman–Crippen MR) is 73.4 cm³/mol. The topological polar surface area (TPSA) is 119 Å². The molecule has 2 aromatic rings. The molecule has 2 rings (SSSR count). The Labute approximate surface area is 115 Å². The summed E-state index contributed by atoms with van der Waals surface area (Å²) in [6, 6.07) is 0. The summed E-state index contributed by atoms with van der Waals surface area (Å²) in [4.78, 5) is 21.8. The number of nitrogens with zero attached hydrogens (tertiary/aromatic N) is 3. The van der Waals surface area contributed by atoms with E-state index in [1.54, 1.807) is 4.57 Å². The number of imidazole rings is 1. The highest BCUT2D eigenvalue weighted by molar-refractivity contribution is 14.1. The highest BCUT2D eigenvalue weighted by Crippen LogP contribution is 2.07. The zero-order chi connectivity index (χ0) is 13.1. The lowest BCUT2D eigenvalue weighted by Gasteiger charge is -2.12. The molecule has 0 aromatic carbocycles. The molecule has 0 aliphatic heterocycles. The van der Waals surface area contributed by atoms with E-state index in [4.69, 9.17) is 15.6 Å². The van der Waals surface area contributed by atoms with Crippen LogP contribution in [0.3, 0.4) is 0 Å². The molecule has 0 aliphatic carbocycles. The smallest absolute Gasteiger partial charge is 0.280 e. The molecule has 0 saturated heterocycles. The Kier molecular flexibility index (Phi) is 4.14. The first-order chi connectivity index (χ1) is 8.65. The van der Waals surface area contributed by atoms with Gasteiger partial charge in [0, 0.05) is 4.43 Å². The second kappa shape index (κ2) is 5.63. The van der Waals surface area contributed by atoms with E-state index in [9.17, 15) is 4.79 Å². The molecule has 0 bridgehead atoms. The Morgan fingerprint density at radius 3 is 3.11 bits per heavy atom. The van der Waals surface area contributed by atoms with Crippen LogP contribution in [-0.2, 0) is 11.5 Å². The predicted octanol–water partition coefficient (Wildman–Crippen LogP) is -0.528. The number of alkyl halides is 1. The lowest BCUT2D eigenvalue weighted by atomic mass is 10.4. The monoisotopic (exact) mass is 365 g/mol. The normalized spacial score (nSPS) is 13.0. The first kappa shape index (κ1) is 13.2. The Bertz CT molecular complexity index is 591. The standard InChI is InChI=1S/C9H12IN5O3/c10-1-5(2-16)18-4-15-3-12-6-7(15)13-9(11)14-8(6)17/h3,5,16H,1-2,4H2,(H3,11,13,14,17). The van der Waals surface area contributed by atoms with Crippen LogP contribution in [0.25, 0.3) is 11.2 Å². The maximum Gasteiger partial charge on any atom is 0.280 e. The highest BCUT2D eigenvalue weighted by atomic mass is 127. The molecule has 98 valence electrons. The van der Waals surface area contributed by atoms with Gasteiger partial charge in [0.1, 0.15) is 6.73 Å². The number of nitrogens with two attached hydrogens (primary N) is 1. The number of H-pyrrole nitrogens is 1. The van der Waals surface area contributed by atoms with E-state index in [0.29, 0.717) is 10.1 Å². The van der Waals surface area contributed by atoms with Gasteiger partial charge in [-0.25, -0.2) is 4.98 Å². The zero-order valence-electron chi connectivity index (χ0n) is 9.34. The van der Waals surface area contributed by atoms with E-state index >= 15 is 0 Å². The molecule has 0 spiro atoms. The summed E-state index contributed by atoms with van der Waals surface area (Å²) in [6.07, 6.45) is 1.19. The van der Waals surface area contributed by atoms with Crippen molar-refractivity contribution in [2.45, 2.75) is 12.8 Å². The third kappa shape index (κ3) is 2.62. The first-order valence-corrected chi connectivity index (χ1v) is 6.67. The Hall–Kier alpha value is -1.20. The molecule has 2 aromatic heterocycles. The number of anilines is 1. The molecule has 2 heterocycles. The van der Waals surface area contributed by atoms with Crippen molar-refractivity contribution < 1.29 is 9.84 Å². The molecule has 4 N–H and O–H groups in total. The number of aromatic amines is 1. The summed E-state index contributed by atoms with van der Waals surface area (Å²) < 4.78 is 7.67. The maximum absolute atomic E-state index is 11.5. The minimum Gasteiger partial charge on any atom is -0.394 e. The van der Waals surface area contributed by atoms with E-state index in [-0.39, 0.29) is 36.5 Å². The number of nitrogens with one attached hydrogen (secondary N) is 1. The van der Waals surface area contributed by atoms with E-state index in [1.165, 1.54) is 6.33 Å². The lowest BCUT2D eigenvalue weighted by Crippen LogP contribution is -2.21. The molecular weight excluding hydrogens is 353 g/mol. The van der Waals surface area contributed by atoms with Crippen molar-refractivity contribution in [2.75, 3.05) is 16.8 Å². The third-order valence-corrected chi connectivity index (χ3v) is 3.30. The van der Waals surface area contributed by atoms with Crippen molar-refractivity contribution in [1.29, 1.82) is 0 Å². The van der Waals surface area contributed by atoms with Crippen LogP contribution >= 0.6 is 22.6 Å². The van der Waals surface area contributed by atoms with Gasteiger partial charge in [0.2, 0.25) is 5.95 Å². The average Bonchev–Trinajstić information content (AvgIpc) is 2.74. The largest absolute Gasteiger partial charge is 0.394 e. The minimum atomic E-state index is -0.385. The van der Waals surface area contributed by atoms with Gasteiger partial charge in [-0.1, -0.05) is 22.6 Å². The number of rotatable bonds is 5. The fraction of sp³-hybridized carbons (Fsp3) is 0.444. The second-order valence-corrected chi connectivity index (χ2v) is 4.47. The van der Waals surface area contributed by atoms with Gasteiger partial charge in [-0.05, 0) is 0 Å². The van der Waals surface area contributed by atoms with Crippen molar-refractivity contribution in [3.63, 3.8) is 0 Å². The number of aliphatic hydroxyl groups is 1. The average molecular weight is 365 g/mol. The van der Waals surface area contributed by atoms with Gasteiger partial charge in [0.15, 0.2) is 11.2 Å². The molecule has 0 radical (unpaired) electrons. The van der Waals surface area contributed by atoms with Crippen LogP contribution in [-0.4, -0.2) is 41.8 Å². The summed E-state index contributed by atoms with van der Waals surface area (Å²) in [5.41, 5.74) is 5.66. The molecule has 0 fully saturated rings. The minimum absolute atomic E-state index is 0.0295. The van der Waals surface area contributed by atoms with Gasteiger partial charge in [0.25, 0.3) is 5.56 Å². The summed E-state index contributed by atoms with van der Waals surface area (Å²) in [7, 11) is 0. The van der Waals surface area contributed by atoms with Gasteiger partial charge < -0.3 is 15.6 Å². The van der Waals surface area contributed by atoms with Crippen LogP contribution < -0.4 is 11.3 Å². The van der Waals surface area contributed by atoms with Gasteiger partial charge in [-0.15, -0.1) is 0 Å². The number of hydrogen-bond acceptors (Lipinski definition) is 6. The molecule has 8 nitrogen and oxygen atoms in total. The van der Waals surface area contributed by atoms with Crippen molar-refractivity contribution in [1.82, 2.24) is 19.5 Å². The molecule has 9 heteroatoms. The van der Waals surface area contributed by atoms with Crippen LogP contribution in [0.15, 0.2) is 11.1 Å². The fourth-order valence-electron chi connectivity index (χ4n) is 1.40. The van der Waals surface area contributed by atoms with Gasteiger partial charge >= 0.3 is 0 Å². The Balaban J connectivity index is 2.27. The molecule has 1 unspecified atom stereocenters. The lowest BCUT2D eigenvalue weighted by molar-refractivity contribution is -0.00719. The molecular formula is C9H12IN5O3. The van der Waals surface area contributed by atoms with Crippen LogP contribution in [0.4, 0.5) is 5.95 Å². The Morgan fingerprint density at radius 1 is 1.67 bits per heavy atom. The van der Waals surface area contributed by atoms with Crippen molar-refractivity contribution >= 4 is 39.7 Å². The number of aromatic nitrogens is 4. The first-order valence-electron chi connectivity index (χ1n) is 5.14. The van der Waals surface area contributed by atoms with Gasteiger partial charge in [-0.3, -0.25) is 14.3 Å². The van der Waals surface area contributed by atoms with Crippen LogP contribution in [0.1, 0.15) is 0 Å². The van der Waals surface area contributed by atoms with Crippen LogP contribution in [0, 0.1) is 0 Å². The number of hydrogen-bond donors (Lipinski definition) is 3. The van der Waals surface area contributed by atoms with E-state index in [2.05, 4.69) is 37.5 Å². The third-order valence-electron chi connectivity index (χ3n) is 2.32. The van der Waals surface area contributed by atoms with Crippen molar-refractivity contribution in [3.05, 3.63) is 16.7 Å². The summed E-state index contributed by atoms with van der Waals surface area (Å²) in [6.45, 7) is 0.0896.